The maximum absolute atomic E-state index is 11.8. The van der Waals surface area contributed by atoms with Gasteiger partial charge in [0.2, 0.25) is 5.91 Å². The second kappa shape index (κ2) is 7.28. The van der Waals surface area contributed by atoms with Crippen molar-refractivity contribution in [3.05, 3.63) is 0 Å². The summed E-state index contributed by atoms with van der Waals surface area (Å²) in [6.45, 7) is 1.62. The number of carboxylic acids is 1. The molecular formula is C12H17NO6S. The summed E-state index contributed by atoms with van der Waals surface area (Å²) in [5, 5.41) is 8.86. The highest BCUT2D eigenvalue weighted by molar-refractivity contribution is 8.14. The molecule has 7 nitrogen and oxygen atoms in total. The maximum Gasteiger partial charge on any atom is 0.326 e. The number of hydrogen-bond donors (Lipinski definition) is 1. The molecule has 112 valence electrons. The van der Waals surface area contributed by atoms with Crippen LogP contribution in [0.4, 0.5) is 0 Å². The summed E-state index contributed by atoms with van der Waals surface area (Å²) in [5.41, 5.74) is 0. The van der Waals surface area contributed by atoms with E-state index in [1.165, 1.54) is 18.9 Å². The van der Waals surface area contributed by atoms with E-state index in [4.69, 9.17) is 0 Å². The van der Waals surface area contributed by atoms with Crippen molar-refractivity contribution in [3.63, 3.8) is 0 Å². The minimum absolute atomic E-state index is 0.00516. The van der Waals surface area contributed by atoms with Gasteiger partial charge in [0.15, 0.2) is 5.12 Å². The van der Waals surface area contributed by atoms with Gasteiger partial charge in [-0.05, 0) is 6.42 Å². The lowest BCUT2D eigenvalue weighted by Crippen LogP contribution is -2.42. The zero-order valence-corrected chi connectivity index (χ0v) is 12.1. The van der Waals surface area contributed by atoms with Crippen LogP contribution in [-0.2, 0) is 23.9 Å². The Kier molecular flexibility index (Phi) is 6.00. The summed E-state index contributed by atoms with van der Waals surface area (Å²) >= 11 is 1.04. The van der Waals surface area contributed by atoms with Gasteiger partial charge < -0.3 is 14.7 Å². The number of methoxy groups -OCH3 is 1. The van der Waals surface area contributed by atoms with Crippen LogP contribution in [0, 0.1) is 0 Å². The first-order valence-electron chi connectivity index (χ1n) is 6.11. The largest absolute Gasteiger partial charge is 0.480 e. The number of carbonyl (C=O) groups is 4. The third kappa shape index (κ3) is 4.52. The number of likely N-dealkylation sites (tertiary alicyclic amines) is 1. The van der Waals surface area contributed by atoms with E-state index in [2.05, 4.69) is 4.74 Å². The molecule has 0 bridgehead atoms. The van der Waals surface area contributed by atoms with Crippen LogP contribution in [0.3, 0.4) is 0 Å². The number of nitrogens with zero attached hydrogens (tertiary/aromatic N) is 1. The van der Waals surface area contributed by atoms with Gasteiger partial charge in [-0.25, -0.2) is 4.79 Å². The molecule has 1 aliphatic rings. The summed E-state index contributed by atoms with van der Waals surface area (Å²) < 4.78 is 4.46. The Morgan fingerprint density at radius 3 is 2.65 bits per heavy atom. The van der Waals surface area contributed by atoms with E-state index in [-0.39, 0.29) is 42.1 Å². The molecule has 0 aromatic rings. The zero-order chi connectivity index (χ0) is 15.3. The summed E-state index contributed by atoms with van der Waals surface area (Å²) in [4.78, 5) is 46.4. The Balaban J connectivity index is 2.67. The number of amides is 1. The predicted molar refractivity (Wildman–Crippen MR) is 71.1 cm³/mol. The zero-order valence-electron chi connectivity index (χ0n) is 11.3. The van der Waals surface area contributed by atoms with Crippen molar-refractivity contribution in [2.45, 2.75) is 37.5 Å². The molecule has 0 aromatic carbocycles. The van der Waals surface area contributed by atoms with Crippen LogP contribution in [0.2, 0.25) is 0 Å². The second-order valence-corrected chi connectivity index (χ2v) is 5.93. The van der Waals surface area contributed by atoms with Crippen molar-refractivity contribution in [2.24, 2.45) is 0 Å². The van der Waals surface area contributed by atoms with Crippen molar-refractivity contribution >= 4 is 34.7 Å². The lowest BCUT2D eigenvalue weighted by molar-refractivity contribution is -0.149. The predicted octanol–water partition coefficient (Wildman–Crippen LogP) is 0.273. The molecule has 1 saturated heterocycles. The molecule has 0 aromatic heterocycles. The van der Waals surface area contributed by atoms with Crippen molar-refractivity contribution in [2.75, 3.05) is 13.7 Å². The van der Waals surface area contributed by atoms with Crippen LogP contribution < -0.4 is 0 Å². The Labute approximate surface area is 120 Å². The van der Waals surface area contributed by atoms with E-state index in [0.29, 0.717) is 0 Å². The first-order valence-corrected chi connectivity index (χ1v) is 6.99. The van der Waals surface area contributed by atoms with Gasteiger partial charge in [0.05, 0.1) is 7.11 Å². The molecule has 1 unspecified atom stereocenters. The van der Waals surface area contributed by atoms with Gasteiger partial charge in [-0.15, -0.1) is 0 Å². The molecule has 0 radical (unpaired) electrons. The minimum atomic E-state index is -1.16. The molecule has 8 heteroatoms. The standard InChI is InChI=1S/C12H17NO6S/c1-7(14)20-8-5-10(15)13(6-8)9(12(17)18)3-4-11(16)19-2/h8-9H,3-6H2,1-2H3,(H,17,18)/t8?,9-/m0/s1. The third-order valence-electron chi connectivity index (χ3n) is 2.97. The molecule has 0 aliphatic carbocycles. The molecular weight excluding hydrogens is 286 g/mol. The Bertz CT molecular complexity index is 424. The van der Waals surface area contributed by atoms with Crippen LogP contribution in [-0.4, -0.2) is 57.9 Å². The summed E-state index contributed by atoms with van der Waals surface area (Å²) in [5.74, 6) is -1.98. The molecule has 1 aliphatic heterocycles. The number of carbonyl (C=O) groups excluding carboxylic acids is 3. The van der Waals surface area contributed by atoms with Crippen LogP contribution in [0.15, 0.2) is 0 Å². The molecule has 0 saturated carbocycles. The molecule has 1 amide bonds. The van der Waals surface area contributed by atoms with E-state index in [0.717, 1.165) is 11.8 Å². The third-order valence-corrected chi connectivity index (χ3v) is 3.95. The van der Waals surface area contributed by atoms with Crippen LogP contribution >= 0.6 is 11.8 Å². The summed E-state index contributed by atoms with van der Waals surface area (Å²) in [6, 6.07) is -1.06. The van der Waals surface area contributed by atoms with Crippen molar-refractivity contribution < 1.29 is 29.0 Å². The van der Waals surface area contributed by atoms with Gasteiger partial charge in [0.1, 0.15) is 6.04 Å². The number of thioether (sulfide) groups is 1. The van der Waals surface area contributed by atoms with E-state index in [9.17, 15) is 24.3 Å². The highest BCUT2D eigenvalue weighted by Crippen LogP contribution is 2.27. The fourth-order valence-electron chi connectivity index (χ4n) is 2.08. The average Bonchev–Trinajstić information content (AvgIpc) is 2.68. The molecule has 1 heterocycles. The van der Waals surface area contributed by atoms with Crippen LogP contribution in [0.5, 0.6) is 0 Å². The maximum atomic E-state index is 11.8. The molecule has 1 N–H and O–H groups in total. The molecule has 2 atom stereocenters. The monoisotopic (exact) mass is 303 g/mol. The van der Waals surface area contributed by atoms with E-state index >= 15 is 0 Å². The van der Waals surface area contributed by atoms with Crippen molar-refractivity contribution in [3.8, 4) is 0 Å². The lowest BCUT2D eigenvalue weighted by Gasteiger charge is -2.24. The number of rotatable bonds is 6. The van der Waals surface area contributed by atoms with E-state index in [1.54, 1.807) is 0 Å². The number of ether oxygens (including phenoxy) is 1. The van der Waals surface area contributed by atoms with Gasteiger partial charge in [0.25, 0.3) is 0 Å². The van der Waals surface area contributed by atoms with Crippen molar-refractivity contribution in [1.82, 2.24) is 4.90 Å². The fraction of sp³-hybridized carbons (Fsp3) is 0.667. The number of carboxylic acid groups (broad SMARTS) is 1. The Hall–Kier alpha value is -1.57. The van der Waals surface area contributed by atoms with E-state index < -0.39 is 18.0 Å². The smallest absolute Gasteiger partial charge is 0.326 e. The van der Waals surface area contributed by atoms with Gasteiger partial charge in [-0.2, -0.15) is 0 Å². The van der Waals surface area contributed by atoms with Crippen molar-refractivity contribution in [1.29, 1.82) is 0 Å². The normalized spacial score (nSPS) is 19.8. The molecule has 1 rings (SSSR count). The van der Waals surface area contributed by atoms with Gasteiger partial charge in [-0.1, -0.05) is 11.8 Å². The number of hydrogen-bond acceptors (Lipinski definition) is 6. The van der Waals surface area contributed by atoms with Crippen LogP contribution in [0.1, 0.15) is 26.2 Å². The van der Waals surface area contributed by atoms with Gasteiger partial charge in [-0.3, -0.25) is 14.4 Å². The summed E-state index contributed by atoms with van der Waals surface area (Å²) in [6.07, 6.45) is 0.0826. The first kappa shape index (κ1) is 16.5. The lowest BCUT2D eigenvalue weighted by atomic mass is 10.1. The Morgan fingerprint density at radius 2 is 2.15 bits per heavy atom. The molecule has 0 spiro atoms. The topological polar surface area (TPSA) is 101 Å². The SMILES string of the molecule is COC(=O)CC[C@@H](C(=O)O)N1CC(SC(C)=O)CC1=O. The van der Waals surface area contributed by atoms with Gasteiger partial charge >= 0.3 is 11.9 Å². The highest BCUT2D eigenvalue weighted by atomic mass is 32.2. The molecule has 20 heavy (non-hydrogen) atoms. The second-order valence-electron chi connectivity index (χ2n) is 4.45. The average molecular weight is 303 g/mol. The van der Waals surface area contributed by atoms with Crippen LogP contribution in [0.25, 0.3) is 0 Å². The minimum Gasteiger partial charge on any atom is -0.480 e. The quantitative estimate of drug-likeness (QED) is 0.703. The molecule has 1 fully saturated rings. The highest BCUT2D eigenvalue weighted by Gasteiger charge is 2.38. The fourth-order valence-corrected chi connectivity index (χ4v) is 3.01. The van der Waals surface area contributed by atoms with E-state index in [1.807, 2.05) is 0 Å². The first-order chi connectivity index (χ1) is 9.35. The Morgan fingerprint density at radius 1 is 1.50 bits per heavy atom. The number of aliphatic carboxylic acids is 1. The summed E-state index contributed by atoms with van der Waals surface area (Å²) in [7, 11) is 1.22. The number of esters is 1. The van der Waals surface area contributed by atoms with Gasteiger partial charge in [0, 0.05) is 31.6 Å².